The van der Waals surface area contributed by atoms with E-state index in [1.54, 1.807) is 5.56 Å². The van der Waals surface area contributed by atoms with Crippen molar-refractivity contribution in [3.05, 3.63) is 41.5 Å². The summed E-state index contributed by atoms with van der Waals surface area (Å²) in [4.78, 5) is 2.42. The molecule has 0 aliphatic heterocycles. The van der Waals surface area contributed by atoms with E-state index in [0.29, 0.717) is 0 Å². The molecule has 20 heavy (non-hydrogen) atoms. The third kappa shape index (κ3) is 4.49. The van der Waals surface area contributed by atoms with Crippen LogP contribution in [-0.2, 0) is 0 Å². The van der Waals surface area contributed by atoms with E-state index in [1.807, 2.05) is 0 Å². The minimum atomic E-state index is 0.817. The van der Waals surface area contributed by atoms with Gasteiger partial charge in [-0.1, -0.05) is 69.5 Å². The molecule has 0 atom stereocenters. The van der Waals surface area contributed by atoms with Crippen molar-refractivity contribution in [1.82, 2.24) is 4.90 Å². The Kier molecular flexibility index (Phi) is 6.32. The van der Waals surface area contributed by atoms with Crippen molar-refractivity contribution < 1.29 is 0 Å². The molecule has 1 heteroatoms. The number of hydrogen-bond donors (Lipinski definition) is 0. The Balaban J connectivity index is 1.89. The highest BCUT2D eigenvalue weighted by molar-refractivity contribution is 5.50. The van der Waals surface area contributed by atoms with Gasteiger partial charge in [0.15, 0.2) is 0 Å². The SMILES string of the molecule is CCN(CC)CC=Cc1ccc(C2CCCCC2)cc1. The Labute approximate surface area is 124 Å². The average Bonchev–Trinajstić information content (AvgIpc) is 2.53. The first-order valence-electron chi connectivity index (χ1n) is 8.32. The van der Waals surface area contributed by atoms with E-state index in [4.69, 9.17) is 0 Å². The molecule has 0 aromatic heterocycles. The first kappa shape index (κ1) is 15.3. The molecule has 1 aliphatic rings. The fourth-order valence-electron chi connectivity index (χ4n) is 3.13. The Morgan fingerprint density at radius 2 is 1.65 bits per heavy atom. The third-order valence-electron chi connectivity index (χ3n) is 4.58. The summed E-state index contributed by atoms with van der Waals surface area (Å²) >= 11 is 0. The molecule has 1 aromatic carbocycles. The van der Waals surface area contributed by atoms with Gasteiger partial charge in [-0.05, 0) is 43.0 Å². The Morgan fingerprint density at radius 1 is 1.00 bits per heavy atom. The van der Waals surface area contributed by atoms with Crippen molar-refractivity contribution in [2.45, 2.75) is 51.9 Å². The topological polar surface area (TPSA) is 3.24 Å². The van der Waals surface area contributed by atoms with Crippen LogP contribution in [0.25, 0.3) is 6.08 Å². The van der Waals surface area contributed by atoms with Crippen LogP contribution in [0.5, 0.6) is 0 Å². The number of hydrogen-bond acceptors (Lipinski definition) is 1. The van der Waals surface area contributed by atoms with Gasteiger partial charge in [0.05, 0.1) is 0 Å². The molecule has 2 rings (SSSR count). The number of benzene rings is 1. The van der Waals surface area contributed by atoms with Crippen LogP contribution < -0.4 is 0 Å². The molecule has 1 aromatic rings. The number of rotatable bonds is 6. The molecule has 0 heterocycles. The second-order valence-electron chi connectivity index (χ2n) is 5.89. The molecule has 0 saturated heterocycles. The zero-order valence-corrected chi connectivity index (χ0v) is 13.1. The lowest BCUT2D eigenvalue weighted by molar-refractivity contribution is 0.338. The molecular formula is C19H29N. The normalized spacial score (nSPS) is 17.1. The van der Waals surface area contributed by atoms with Crippen LogP contribution >= 0.6 is 0 Å². The van der Waals surface area contributed by atoms with Gasteiger partial charge in [0, 0.05) is 6.54 Å². The van der Waals surface area contributed by atoms with Gasteiger partial charge < -0.3 is 4.90 Å². The van der Waals surface area contributed by atoms with Crippen molar-refractivity contribution in [1.29, 1.82) is 0 Å². The fraction of sp³-hybridized carbons (Fsp3) is 0.579. The van der Waals surface area contributed by atoms with Gasteiger partial charge in [0.2, 0.25) is 0 Å². The van der Waals surface area contributed by atoms with Gasteiger partial charge >= 0.3 is 0 Å². The lowest BCUT2D eigenvalue weighted by atomic mass is 9.84. The summed E-state index contributed by atoms with van der Waals surface area (Å²) in [6.07, 6.45) is 11.6. The smallest absolute Gasteiger partial charge is 0.0166 e. The van der Waals surface area contributed by atoms with Crippen LogP contribution in [-0.4, -0.2) is 24.5 Å². The molecule has 1 fully saturated rings. The van der Waals surface area contributed by atoms with Gasteiger partial charge in [0.25, 0.3) is 0 Å². The van der Waals surface area contributed by atoms with E-state index < -0.39 is 0 Å². The summed E-state index contributed by atoms with van der Waals surface area (Å²) in [5.41, 5.74) is 2.88. The second-order valence-corrected chi connectivity index (χ2v) is 5.89. The van der Waals surface area contributed by atoms with Crippen LogP contribution in [0.3, 0.4) is 0 Å². The summed E-state index contributed by atoms with van der Waals surface area (Å²) < 4.78 is 0. The lowest BCUT2D eigenvalue weighted by Crippen LogP contribution is -2.22. The number of likely N-dealkylation sites (N-methyl/N-ethyl adjacent to an activating group) is 1. The Morgan fingerprint density at radius 3 is 2.25 bits per heavy atom. The number of nitrogens with zero attached hydrogens (tertiary/aromatic N) is 1. The van der Waals surface area contributed by atoms with Crippen LogP contribution in [0.4, 0.5) is 0 Å². The molecule has 0 amide bonds. The molecule has 0 bridgehead atoms. The minimum Gasteiger partial charge on any atom is -0.300 e. The van der Waals surface area contributed by atoms with Crippen LogP contribution in [0.1, 0.15) is 63.0 Å². The highest BCUT2D eigenvalue weighted by Crippen LogP contribution is 2.32. The molecular weight excluding hydrogens is 242 g/mol. The van der Waals surface area contributed by atoms with Gasteiger partial charge in [0.1, 0.15) is 0 Å². The molecule has 0 spiro atoms. The minimum absolute atomic E-state index is 0.817. The molecule has 1 saturated carbocycles. The van der Waals surface area contributed by atoms with Crippen molar-refractivity contribution in [2.24, 2.45) is 0 Å². The zero-order valence-electron chi connectivity index (χ0n) is 13.1. The zero-order chi connectivity index (χ0) is 14.2. The molecule has 1 aliphatic carbocycles. The van der Waals surface area contributed by atoms with E-state index in [9.17, 15) is 0 Å². The van der Waals surface area contributed by atoms with Crippen molar-refractivity contribution in [3.8, 4) is 0 Å². The predicted octanol–water partition coefficient (Wildman–Crippen LogP) is 5.09. The average molecular weight is 271 g/mol. The standard InChI is InChI=1S/C19H29N/c1-3-20(4-2)16-8-9-17-12-14-19(15-13-17)18-10-6-5-7-11-18/h8-9,12-15,18H,3-7,10-11,16H2,1-2H3. The maximum atomic E-state index is 2.42. The fourth-order valence-corrected chi connectivity index (χ4v) is 3.13. The van der Waals surface area contributed by atoms with Gasteiger partial charge in [-0.15, -0.1) is 0 Å². The molecule has 0 N–H and O–H groups in total. The van der Waals surface area contributed by atoms with E-state index in [0.717, 1.165) is 25.6 Å². The van der Waals surface area contributed by atoms with E-state index in [-0.39, 0.29) is 0 Å². The van der Waals surface area contributed by atoms with E-state index in [1.165, 1.54) is 37.7 Å². The summed E-state index contributed by atoms with van der Waals surface area (Å²) in [5, 5.41) is 0. The van der Waals surface area contributed by atoms with Gasteiger partial charge in [-0.2, -0.15) is 0 Å². The highest BCUT2D eigenvalue weighted by atomic mass is 15.1. The predicted molar refractivity (Wildman–Crippen MR) is 89.1 cm³/mol. The summed E-state index contributed by atoms with van der Waals surface area (Å²) in [7, 11) is 0. The summed E-state index contributed by atoms with van der Waals surface area (Å²) in [6, 6.07) is 9.24. The molecule has 1 nitrogen and oxygen atoms in total. The second kappa shape index (κ2) is 8.26. The van der Waals surface area contributed by atoms with Gasteiger partial charge in [-0.3, -0.25) is 0 Å². The van der Waals surface area contributed by atoms with E-state index in [2.05, 4.69) is 55.2 Å². The quantitative estimate of drug-likeness (QED) is 0.696. The van der Waals surface area contributed by atoms with Crippen molar-refractivity contribution in [3.63, 3.8) is 0 Å². The van der Waals surface area contributed by atoms with Crippen LogP contribution in [0, 0.1) is 0 Å². The maximum Gasteiger partial charge on any atom is 0.0166 e. The third-order valence-corrected chi connectivity index (χ3v) is 4.58. The highest BCUT2D eigenvalue weighted by Gasteiger charge is 2.14. The van der Waals surface area contributed by atoms with Crippen molar-refractivity contribution >= 4 is 6.08 Å². The van der Waals surface area contributed by atoms with Gasteiger partial charge in [-0.25, -0.2) is 0 Å². The molecule has 0 radical (unpaired) electrons. The van der Waals surface area contributed by atoms with E-state index >= 15 is 0 Å². The molecule has 110 valence electrons. The maximum absolute atomic E-state index is 2.42. The van der Waals surface area contributed by atoms with Crippen molar-refractivity contribution in [2.75, 3.05) is 19.6 Å². The lowest BCUT2D eigenvalue weighted by Gasteiger charge is -2.21. The largest absolute Gasteiger partial charge is 0.300 e. The summed E-state index contributed by atoms with van der Waals surface area (Å²) in [6.45, 7) is 7.74. The monoisotopic (exact) mass is 271 g/mol. The first-order chi connectivity index (χ1) is 9.83. The summed E-state index contributed by atoms with van der Waals surface area (Å²) in [5.74, 6) is 0.817. The Hall–Kier alpha value is -1.08. The van der Waals surface area contributed by atoms with Crippen LogP contribution in [0.2, 0.25) is 0 Å². The Bertz CT molecular complexity index is 394. The van der Waals surface area contributed by atoms with Crippen LogP contribution in [0.15, 0.2) is 30.3 Å². The first-order valence-corrected chi connectivity index (χ1v) is 8.32. The molecule has 0 unspecified atom stereocenters.